The quantitative estimate of drug-likeness (QED) is 0.743. The number of rotatable bonds is 6. The summed E-state index contributed by atoms with van der Waals surface area (Å²) >= 11 is 5.86. The predicted molar refractivity (Wildman–Crippen MR) is 82.8 cm³/mol. The first kappa shape index (κ1) is 18.4. The highest BCUT2D eigenvalue weighted by atomic mass is 35.5. The van der Waals surface area contributed by atoms with Gasteiger partial charge < -0.3 is 15.2 Å². The lowest BCUT2D eigenvalue weighted by Crippen LogP contribution is -2.12. The van der Waals surface area contributed by atoms with E-state index in [0.29, 0.717) is 0 Å². The maximum Gasteiger partial charge on any atom is 0.418 e. The summed E-state index contributed by atoms with van der Waals surface area (Å²) in [6, 6.07) is 7.38. The van der Waals surface area contributed by atoms with E-state index in [4.69, 9.17) is 21.4 Å². The van der Waals surface area contributed by atoms with E-state index in [2.05, 4.69) is 5.32 Å². The van der Waals surface area contributed by atoms with E-state index < -0.39 is 17.6 Å². The lowest BCUT2D eigenvalue weighted by molar-refractivity contribution is -0.137. The van der Waals surface area contributed by atoms with Crippen molar-refractivity contribution in [2.24, 2.45) is 0 Å². The third-order valence-electron chi connectivity index (χ3n) is 3.17. The molecule has 24 heavy (non-hydrogen) atoms. The Morgan fingerprint density at radius 1 is 1.17 bits per heavy atom. The number of ether oxygens (including phenoxy) is 1. The Labute approximate surface area is 140 Å². The first-order chi connectivity index (χ1) is 11.3. The van der Waals surface area contributed by atoms with Crippen LogP contribution >= 0.6 is 11.6 Å². The maximum atomic E-state index is 13.7. The van der Waals surface area contributed by atoms with Crippen LogP contribution in [0.4, 0.5) is 23.2 Å². The molecule has 8 heteroatoms. The number of anilines is 1. The molecule has 0 atom stereocenters. The highest BCUT2D eigenvalue weighted by molar-refractivity contribution is 6.31. The van der Waals surface area contributed by atoms with Crippen LogP contribution in [0.1, 0.15) is 11.1 Å². The standard InChI is InChI=1S/C16H14ClF4NO2/c17-13-2-1-3-14(18)11(13)9-22-15-5-4-10(24-7-6-23)8-12(15)16(19,20)21/h1-5,8,22-23H,6-7,9H2. The van der Waals surface area contributed by atoms with Gasteiger partial charge in [-0.3, -0.25) is 0 Å². The third kappa shape index (κ3) is 4.52. The average Bonchev–Trinajstić information content (AvgIpc) is 2.52. The maximum absolute atomic E-state index is 13.7. The molecule has 0 amide bonds. The molecule has 0 bridgehead atoms. The molecule has 0 spiro atoms. The van der Waals surface area contributed by atoms with Crippen LogP contribution in [0.5, 0.6) is 5.75 Å². The minimum atomic E-state index is -4.63. The van der Waals surface area contributed by atoms with Crippen LogP contribution in [0.25, 0.3) is 0 Å². The Balaban J connectivity index is 2.26. The first-order valence-corrected chi connectivity index (χ1v) is 7.32. The number of alkyl halides is 3. The fourth-order valence-corrected chi connectivity index (χ4v) is 2.28. The summed E-state index contributed by atoms with van der Waals surface area (Å²) in [5, 5.41) is 11.3. The van der Waals surface area contributed by atoms with Gasteiger partial charge in [0.15, 0.2) is 0 Å². The minimum absolute atomic E-state index is 0.0224. The molecule has 0 heterocycles. The van der Waals surface area contributed by atoms with Crippen molar-refractivity contribution in [2.75, 3.05) is 18.5 Å². The van der Waals surface area contributed by atoms with Crippen molar-refractivity contribution in [3.8, 4) is 5.75 Å². The van der Waals surface area contributed by atoms with Crippen LogP contribution in [0.2, 0.25) is 5.02 Å². The number of hydrogen-bond donors (Lipinski definition) is 2. The van der Waals surface area contributed by atoms with Crippen molar-refractivity contribution < 1.29 is 27.4 Å². The zero-order valence-electron chi connectivity index (χ0n) is 12.3. The van der Waals surface area contributed by atoms with Gasteiger partial charge >= 0.3 is 6.18 Å². The molecule has 0 aromatic heterocycles. The second kappa shape index (κ2) is 7.72. The van der Waals surface area contributed by atoms with E-state index in [1.54, 1.807) is 0 Å². The van der Waals surface area contributed by atoms with Crippen molar-refractivity contribution in [3.63, 3.8) is 0 Å². The molecular weight excluding hydrogens is 350 g/mol. The second-order valence-electron chi connectivity index (χ2n) is 4.83. The number of nitrogens with one attached hydrogen (secondary N) is 1. The Hall–Kier alpha value is -1.99. The summed E-state index contributed by atoms with van der Waals surface area (Å²) in [6.45, 7) is -0.631. The Bertz CT molecular complexity index is 687. The number of benzene rings is 2. The Morgan fingerprint density at radius 2 is 1.92 bits per heavy atom. The Morgan fingerprint density at radius 3 is 2.54 bits per heavy atom. The second-order valence-corrected chi connectivity index (χ2v) is 5.24. The molecule has 0 fully saturated rings. The van der Waals surface area contributed by atoms with Gasteiger partial charge in [0, 0.05) is 22.8 Å². The molecule has 2 N–H and O–H groups in total. The summed E-state index contributed by atoms with van der Waals surface area (Å²) in [5.41, 5.74) is -1.10. The topological polar surface area (TPSA) is 41.5 Å². The normalized spacial score (nSPS) is 11.4. The molecule has 130 valence electrons. The predicted octanol–water partition coefficient (Wildman–Crippen LogP) is 4.48. The molecule has 0 aliphatic rings. The molecule has 2 aromatic carbocycles. The van der Waals surface area contributed by atoms with Gasteiger partial charge in [0.1, 0.15) is 18.2 Å². The van der Waals surface area contributed by atoms with Gasteiger partial charge in [-0.15, -0.1) is 0 Å². The van der Waals surface area contributed by atoms with Crippen LogP contribution in [0.3, 0.4) is 0 Å². The summed E-state index contributed by atoms with van der Waals surface area (Å²) < 4.78 is 58.3. The van der Waals surface area contributed by atoms with E-state index in [9.17, 15) is 17.6 Å². The van der Waals surface area contributed by atoms with Gasteiger partial charge in [0.2, 0.25) is 0 Å². The van der Waals surface area contributed by atoms with Crippen molar-refractivity contribution in [1.29, 1.82) is 0 Å². The molecule has 0 radical (unpaired) electrons. The van der Waals surface area contributed by atoms with E-state index in [-0.39, 0.29) is 41.8 Å². The van der Waals surface area contributed by atoms with Gasteiger partial charge in [-0.05, 0) is 30.3 Å². The number of hydrogen-bond acceptors (Lipinski definition) is 3. The molecular formula is C16H14ClF4NO2. The molecule has 0 aliphatic carbocycles. The first-order valence-electron chi connectivity index (χ1n) is 6.94. The van der Waals surface area contributed by atoms with E-state index in [1.165, 1.54) is 30.3 Å². The van der Waals surface area contributed by atoms with E-state index in [0.717, 1.165) is 6.07 Å². The molecule has 2 rings (SSSR count). The van der Waals surface area contributed by atoms with Crippen LogP contribution in [0, 0.1) is 5.82 Å². The largest absolute Gasteiger partial charge is 0.491 e. The van der Waals surface area contributed by atoms with Crippen molar-refractivity contribution in [3.05, 3.63) is 58.4 Å². The summed E-state index contributed by atoms with van der Waals surface area (Å²) in [6.07, 6.45) is -4.63. The zero-order chi connectivity index (χ0) is 17.7. The van der Waals surface area contributed by atoms with Crippen LogP contribution in [-0.4, -0.2) is 18.3 Å². The fourth-order valence-electron chi connectivity index (χ4n) is 2.05. The van der Waals surface area contributed by atoms with E-state index in [1.807, 2.05) is 0 Å². The van der Waals surface area contributed by atoms with Crippen molar-refractivity contribution >= 4 is 17.3 Å². The minimum Gasteiger partial charge on any atom is -0.491 e. The highest BCUT2D eigenvalue weighted by Crippen LogP contribution is 2.37. The van der Waals surface area contributed by atoms with Gasteiger partial charge in [-0.1, -0.05) is 17.7 Å². The molecule has 0 saturated heterocycles. The zero-order valence-corrected chi connectivity index (χ0v) is 13.1. The van der Waals surface area contributed by atoms with Gasteiger partial charge in [0.25, 0.3) is 0 Å². The Kier molecular flexibility index (Phi) is 5.90. The lowest BCUT2D eigenvalue weighted by atomic mass is 10.1. The highest BCUT2D eigenvalue weighted by Gasteiger charge is 2.34. The lowest BCUT2D eigenvalue weighted by Gasteiger charge is -2.17. The van der Waals surface area contributed by atoms with Gasteiger partial charge in [-0.2, -0.15) is 13.2 Å². The van der Waals surface area contributed by atoms with Crippen LogP contribution in [0.15, 0.2) is 36.4 Å². The third-order valence-corrected chi connectivity index (χ3v) is 3.53. The summed E-state index contributed by atoms with van der Waals surface area (Å²) in [5.74, 6) is -0.627. The fraction of sp³-hybridized carbons (Fsp3) is 0.250. The molecule has 2 aromatic rings. The summed E-state index contributed by atoms with van der Waals surface area (Å²) in [7, 11) is 0. The van der Waals surface area contributed by atoms with E-state index >= 15 is 0 Å². The molecule has 3 nitrogen and oxygen atoms in total. The smallest absolute Gasteiger partial charge is 0.418 e. The molecule has 0 saturated carbocycles. The monoisotopic (exact) mass is 363 g/mol. The van der Waals surface area contributed by atoms with Gasteiger partial charge in [0.05, 0.1) is 12.2 Å². The van der Waals surface area contributed by atoms with Crippen molar-refractivity contribution in [1.82, 2.24) is 0 Å². The van der Waals surface area contributed by atoms with Gasteiger partial charge in [-0.25, -0.2) is 4.39 Å². The number of halogens is 5. The SMILES string of the molecule is OCCOc1ccc(NCc2c(F)cccc2Cl)c(C(F)(F)F)c1. The molecule has 0 unspecified atom stereocenters. The van der Waals surface area contributed by atoms with Crippen LogP contribution in [-0.2, 0) is 12.7 Å². The summed E-state index contributed by atoms with van der Waals surface area (Å²) in [4.78, 5) is 0. The van der Waals surface area contributed by atoms with Crippen LogP contribution < -0.4 is 10.1 Å². The van der Waals surface area contributed by atoms with Crippen molar-refractivity contribution in [2.45, 2.75) is 12.7 Å². The number of aliphatic hydroxyl groups is 1. The number of aliphatic hydroxyl groups excluding tert-OH is 1. The average molecular weight is 364 g/mol. The molecule has 0 aliphatic heterocycles.